The number of fused-ring (bicyclic) bond motifs is 1. The highest BCUT2D eigenvalue weighted by molar-refractivity contribution is 6.05. The van der Waals surface area contributed by atoms with Crippen molar-refractivity contribution in [3.05, 3.63) is 149 Å². The molecule has 1 heteroatoms. The van der Waals surface area contributed by atoms with E-state index in [4.69, 9.17) is 6.42 Å². The molecule has 5 rings (SSSR count). The molecule has 0 aliphatic heterocycles. The molecule has 0 fully saturated rings. The lowest BCUT2D eigenvalue weighted by Crippen LogP contribution is -2.02. The molecule has 0 radical (unpaired) electrons. The predicted molar refractivity (Wildman–Crippen MR) is 164 cm³/mol. The zero-order valence-electron chi connectivity index (χ0n) is 21.9. The molecule has 1 atom stereocenters. The number of hydrogen-bond acceptors (Lipinski definition) is 1. The SMILES string of the molecule is C#Cc1c(/C=C\C)c(-c2ccccc2)c2ccccc2c1C(C)/C=C\C=C1/CC=CC=C1c1cccnc1. The predicted octanol–water partition coefficient (Wildman–Crippen LogP) is 9.55. The molecule has 4 aromatic rings. The fraction of sp³-hybridized carbons (Fsp3) is 0.108. The molecular weight excluding hydrogens is 458 g/mol. The van der Waals surface area contributed by atoms with Crippen LogP contribution in [0.4, 0.5) is 0 Å². The van der Waals surface area contributed by atoms with Gasteiger partial charge in [0.05, 0.1) is 0 Å². The number of rotatable bonds is 6. The second-order valence-electron chi connectivity index (χ2n) is 9.45. The molecule has 0 N–H and O–H groups in total. The maximum atomic E-state index is 6.24. The lowest BCUT2D eigenvalue weighted by Gasteiger charge is -2.21. The van der Waals surface area contributed by atoms with Crippen molar-refractivity contribution >= 4 is 22.4 Å². The van der Waals surface area contributed by atoms with Gasteiger partial charge < -0.3 is 0 Å². The van der Waals surface area contributed by atoms with Crippen molar-refractivity contribution in [2.75, 3.05) is 0 Å². The molecule has 0 spiro atoms. The Morgan fingerprint density at radius 1 is 0.947 bits per heavy atom. The van der Waals surface area contributed by atoms with Crippen molar-refractivity contribution in [3.8, 4) is 23.5 Å². The van der Waals surface area contributed by atoms with Gasteiger partial charge in [-0.25, -0.2) is 0 Å². The minimum atomic E-state index is 0.126. The molecule has 38 heavy (non-hydrogen) atoms. The Morgan fingerprint density at radius 2 is 1.71 bits per heavy atom. The van der Waals surface area contributed by atoms with E-state index in [-0.39, 0.29) is 5.92 Å². The summed E-state index contributed by atoms with van der Waals surface area (Å²) in [5.41, 5.74) is 9.25. The van der Waals surface area contributed by atoms with Gasteiger partial charge in [0.1, 0.15) is 0 Å². The van der Waals surface area contributed by atoms with Crippen molar-refractivity contribution in [2.45, 2.75) is 26.2 Å². The molecule has 1 nitrogen and oxygen atoms in total. The highest BCUT2D eigenvalue weighted by Crippen LogP contribution is 2.41. The first-order chi connectivity index (χ1) is 18.7. The van der Waals surface area contributed by atoms with E-state index in [1.807, 2.05) is 25.4 Å². The first kappa shape index (κ1) is 25.0. The molecule has 1 unspecified atom stereocenters. The molecule has 0 saturated heterocycles. The van der Waals surface area contributed by atoms with E-state index in [2.05, 4.69) is 127 Å². The van der Waals surface area contributed by atoms with Gasteiger partial charge in [0.2, 0.25) is 0 Å². The first-order valence-electron chi connectivity index (χ1n) is 13.1. The van der Waals surface area contributed by atoms with Crippen LogP contribution in [-0.2, 0) is 0 Å². The second kappa shape index (κ2) is 11.6. The average molecular weight is 490 g/mol. The summed E-state index contributed by atoms with van der Waals surface area (Å²) in [6.07, 6.45) is 28.3. The van der Waals surface area contributed by atoms with Gasteiger partial charge >= 0.3 is 0 Å². The first-order valence-corrected chi connectivity index (χ1v) is 13.1. The summed E-state index contributed by atoms with van der Waals surface area (Å²) in [6, 6.07) is 23.3. The van der Waals surface area contributed by atoms with Gasteiger partial charge in [0, 0.05) is 29.4 Å². The molecule has 1 aromatic heterocycles. The summed E-state index contributed by atoms with van der Waals surface area (Å²) in [5, 5.41) is 2.42. The topological polar surface area (TPSA) is 12.9 Å². The largest absolute Gasteiger partial charge is 0.264 e. The van der Waals surface area contributed by atoms with Crippen molar-refractivity contribution in [2.24, 2.45) is 0 Å². The van der Waals surface area contributed by atoms with Crippen LogP contribution in [0.25, 0.3) is 33.5 Å². The zero-order valence-corrected chi connectivity index (χ0v) is 21.9. The normalized spacial score (nSPS) is 15.3. The lowest BCUT2D eigenvalue weighted by atomic mass is 9.81. The highest BCUT2D eigenvalue weighted by atomic mass is 14.6. The second-order valence-corrected chi connectivity index (χ2v) is 9.45. The van der Waals surface area contributed by atoms with Crippen LogP contribution in [0.15, 0.2) is 127 Å². The minimum Gasteiger partial charge on any atom is -0.264 e. The number of pyridine rings is 1. The van der Waals surface area contributed by atoms with Gasteiger partial charge in [0.15, 0.2) is 0 Å². The van der Waals surface area contributed by atoms with E-state index in [1.54, 1.807) is 0 Å². The van der Waals surface area contributed by atoms with E-state index in [0.717, 1.165) is 23.1 Å². The van der Waals surface area contributed by atoms with Crippen molar-refractivity contribution in [3.63, 3.8) is 0 Å². The summed E-state index contributed by atoms with van der Waals surface area (Å²) in [7, 11) is 0. The summed E-state index contributed by atoms with van der Waals surface area (Å²) >= 11 is 0. The Morgan fingerprint density at radius 3 is 2.45 bits per heavy atom. The third kappa shape index (κ3) is 4.95. The fourth-order valence-corrected chi connectivity index (χ4v) is 5.34. The lowest BCUT2D eigenvalue weighted by molar-refractivity contribution is 0.974. The van der Waals surface area contributed by atoms with E-state index in [9.17, 15) is 0 Å². The number of aromatic nitrogens is 1. The van der Waals surface area contributed by atoms with E-state index in [0.29, 0.717) is 0 Å². The molecule has 1 aliphatic rings. The zero-order chi connectivity index (χ0) is 26.3. The van der Waals surface area contributed by atoms with Gasteiger partial charge in [-0.15, -0.1) is 6.42 Å². The summed E-state index contributed by atoms with van der Waals surface area (Å²) in [4.78, 5) is 4.31. The average Bonchev–Trinajstić information content (AvgIpc) is 2.97. The fourth-order valence-electron chi connectivity index (χ4n) is 5.34. The molecule has 0 bridgehead atoms. The summed E-state index contributed by atoms with van der Waals surface area (Å²) in [6.45, 7) is 4.28. The monoisotopic (exact) mass is 489 g/mol. The molecule has 3 aromatic carbocycles. The van der Waals surface area contributed by atoms with Crippen LogP contribution in [0.1, 0.15) is 48.4 Å². The van der Waals surface area contributed by atoms with Crippen LogP contribution in [0.2, 0.25) is 0 Å². The van der Waals surface area contributed by atoms with Crippen LogP contribution in [0.5, 0.6) is 0 Å². The number of hydrogen-bond donors (Lipinski definition) is 0. The molecule has 0 saturated carbocycles. The maximum absolute atomic E-state index is 6.24. The molecule has 184 valence electrons. The molecule has 1 heterocycles. The standard InChI is InChI=1S/C37H31N/c1-4-15-33-31(5-2)36(34-23-11-12-24-35(34)37(33)29-18-7-6-8-19-29)27(3)16-13-20-28-17-9-10-22-32(28)30-21-14-25-38-26-30/h2,4,6-16,18-27H,17H2,1,3H3/b15-4-,16-13-,28-20+. The Bertz CT molecular complexity index is 1640. The third-order valence-electron chi connectivity index (χ3n) is 7.04. The maximum Gasteiger partial charge on any atom is 0.0365 e. The Hall–Kier alpha value is -4.67. The number of allylic oxidation sites excluding steroid dienone is 9. The van der Waals surface area contributed by atoms with Crippen LogP contribution < -0.4 is 0 Å². The summed E-state index contributed by atoms with van der Waals surface area (Å²) in [5.74, 6) is 3.20. The van der Waals surface area contributed by atoms with Crippen LogP contribution in [-0.4, -0.2) is 4.98 Å². The van der Waals surface area contributed by atoms with Crippen molar-refractivity contribution in [1.29, 1.82) is 0 Å². The van der Waals surface area contributed by atoms with Crippen molar-refractivity contribution < 1.29 is 0 Å². The molecular formula is C37H31N. The van der Waals surface area contributed by atoms with E-state index >= 15 is 0 Å². The van der Waals surface area contributed by atoms with Crippen LogP contribution in [0.3, 0.4) is 0 Å². The Kier molecular flexibility index (Phi) is 7.62. The number of benzene rings is 3. The summed E-state index contributed by atoms with van der Waals surface area (Å²) < 4.78 is 0. The number of terminal acetylenes is 1. The Labute approximate surface area is 226 Å². The molecule has 0 amide bonds. The van der Waals surface area contributed by atoms with E-state index < -0.39 is 0 Å². The van der Waals surface area contributed by atoms with Crippen LogP contribution in [0, 0.1) is 12.3 Å². The highest BCUT2D eigenvalue weighted by Gasteiger charge is 2.20. The van der Waals surface area contributed by atoms with Gasteiger partial charge in [-0.1, -0.05) is 122 Å². The van der Waals surface area contributed by atoms with Gasteiger partial charge in [0.25, 0.3) is 0 Å². The van der Waals surface area contributed by atoms with Gasteiger partial charge in [-0.2, -0.15) is 0 Å². The van der Waals surface area contributed by atoms with Gasteiger partial charge in [-0.05, 0) is 63.6 Å². The van der Waals surface area contributed by atoms with Gasteiger partial charge in [-0.3, -0.25) is 4.98 Å². The van der Waals surface area contributed by atoms with E-state index in [1.165, 1.54) is 38.6 Å². The third-order valence-corrected chi connectivity index (χ3v) is 7.04. The minimum absolute atomic E-state index is 0.126. The molecule has 1 aliphatic carbocycles. The number of nitrogens with zero attached hydrogens (tertiary/aromatic N) is 1. The smallest absolute Gasteiger partial charge is 0.0365 e. The van der Waals surface area contributed by atoms with Crippen LogP contribution >= 0.6 is 0 Å². The van der Waals surface area contributed by atoms with Crippen molar-refractivity contribution in [1.82, 2.24) is 4.98 Å². The Balaban J connectivity index is 1.61. The quantitative estimate of drug-likeness (QED) is 0.246.